The highest BCUT2D eigenvalue weighted by Gasteiger charge is 2.21. The number of nitrogens with zero attached hydrogens (tertiary/aromatic N) is 3. The van der Waals surface area contributed by atoms with Gasteiger partial charge in [-0.3, -0.25) is 9.10 Å². The van der Waals surface area contributed by atoms with Crippen LogP contribution < -0.4 is 14.5 Å². The van der Waals surface area contributed by atoms with Crippen molar-refractivity contribution in [3.8, 4) is 11.5 Å². The van der Waals surface area contributed by atoms with Gasteiger partial charge in [-0.25, -0.2) is 18.8 Å². The number of sulfonamides is 1. The minimum atomic E-state index is -3.74. The van der Waals surface area contributed by atoms with Crippen LogP contribution in [0, 0.1) is 0 Å². The Bertz CT molecular complexity index is 1480. The fourth-order valence-corrected chi connectivity index (χ4v) is 4.29. The van der Waals surface area contributed by atoms with Crippen molar-refractivity contribution in [3.05, 3.63) is 95.6 Å². The van der Waals surface area contributed by atoms with Crippen molar-refractivity contribution < 1.29 is 17.9 Å². The Morgan fingerprint density at radius 2 is 1.69 bits per heavy atom. The highest BCUT2D eigenvalue weighted by molar-refractivity contribution is 7.92. The first-order valence-electron chi connectivity index (χ1n) is 10.5. The summed E-state index contributed by atoms with van der Waals surface area (Å²) >= 11 is 6.19. The fourth-order valence-electron chi connectivity index (χ4n) is 3.24. The summed E-state index contributed by atoms with van der Waals surface area (Å²) in [5.74, 6) is 0.559. The van der Waals surface area contributed by atoms with Crippen molar-refractivity contribution in [2.75, 3.05) is 17.1 Å². The summed E-state index contributed by atoms with van der Waals surface area (Å²) in [5, 5.41) is 5.01. The van der Waals surface area contributed by atoms with E-state index in [-0.39, 0.29) is 5.15 Å². The number of aromatic nitrogens is 1. The molecule has 0 spiro atoms. The first-order valence-corrected chi connectivity index (χ1v) is 12.7. The SMILES string of the molecule is CS(=O)(=O)N(CC(=O)N/N=C\c1cc2ccccc2nc1Cl)c1ccc(Oc2ccccc2)cc1. The highest BCUT2D eigenvalue weighted by atomic mass is 35.5. The molecule has 3 aromatic carbocycles. The molecular formula is C25H21ClN4O4S. The number of nitrogens with one attached hydrogen (secondary N) is 1. The molecule has 0 radical (unpaired) electrons. The van der Waals surface area contributed by atoms with Crippen LogP contribution in [0.15, 0.2) is 90.0 Å². The van der Waals surface area contributed by atoms with Crippen LogP contribution in [0.3, 0.4) is 0 Å². The van der Waals surface area contributed by atoms with Gasteiger partial charge in [-0.2, -0.15) is 5.10 Å². The molecule has 35 heavy (non-hydrogen) atoms. The molecule has 0 saturated carbocycles. The van der Waals surface area contributed by atoms with Gasteiger partial charge in [0.15, 0.2) is 0 Å². The van der Waals surface area contributed by atoms with E-state index in [2.05, 4.69) is 15.5 Å². The van der Waals surface area contributed by atoms with Crippen LogP contribution in [-0.2, 0) is 14.8 Å². The number of amides is 1. The molecule has 1 aromatic heterocycles. The second kappa shape index (κ2) is 10.5. The average molecular weight is 509 g/mol. The van der Waals surface area contributed by atoms with Gasteiger partial charge in [0, 0.05) is 10.9 Å². The number of fused-ring (bicyclic) bond motifs is 1. The second-order valence-corrected chi connectivity index (χ2v) is 9.80. The molecule has 1 heterocycles. The van der Waals surface area contributed by atoms with Crippen LogP contribution in [-0.4, -0.2) is 38.3 Å². The van der Waals surface area contributed by atoms with Crippen LogP contribution in [0.5, 0.6) is 11.5 Å². The number of anilines is 1. The maximum Gasteiger partial charge on any atom is 0.260 e. The molecule has 0 bridgehead atoms. The molecule has 8 nitrogen and oxygen atoms in total. The third kappa shape index (κ3) is 6.34. The zero-order chi connectivity index (χ0) is 24.8. The maximum absolute atomic E-state index is 12.5. The van der Waals surface area contributed by atoms with Crippen LogP contribution in [0.1, 0.15) is 5.56 Å². The Morgan fingerprint density at radius 1 is 1.03 bits per heavy atom. The number of halogens is 1. The van der Waals surface area contributed by atoms with Gasteiger partial charge < -0.3 is 4.74 Å². The molecule has 0 fully saturated rings. The average Bonchev–Trinajstić information content (AvgIpc) is 2.83. The zero-order valence-corrected chi connectivity index (χ0v) is 20.2. The number of carbonyl (C=O) groups is 1. The number of benzene rings is 3. The Balaban J connectivity index is 1.43. The first-order chi connectivity index (χ1) is 16.8. The van der Waals surface area contributed by atoms with E-state index in [4.69, 9.17) is 16.3 Å². The zero-order valence-electron chi connectivity index (χ0n) is 18.6. The minimum Gasteiger partial charge on any atom is -0.457 e. The van der Waals surface area contributed by atoms with Gasteiger partial charge >= 0.3 is 0 Å². The number of pyridine rings is 1. The number of rotatable bonds is 8. The molecule has 0 saturated heterocycles. The van der Waals surface area contributed by atoms with Gasteiger partial charge in [0.25, 0.3) is 5.91 Å². The number of carbonyl (C=O) groups excluding carboxylic acids is 1. The monoisotopic (exact) mass is 508 g/mol. The maximum atomic E-state index is 12.5. The van der Waals surface area contributed by atoms with Crippen molar-refractivity contribution >= 4 is 50.3 Å². The lowest BCUT2D eigenvalue weighted by Crippen LogP contribution is -2.39. The van der Waals surface area contributed by atoms with Gasteiger partial charge in [0.05, 0.1) is 23.7 Å². The smallest absolute Gasteiger partial charge is 0.260 e. The molecule has 1 N–H and O–H groups in total. The van der Waals surface area contributed by atoms with Gasteiger partial charge in [0.2, 0.25) is 10.0 Å². The molecule has 0 aliphatic heterocycles. The van der Waals surface area contributed by atoms with Crippen LogP contribution in [0.4, 0.5) is 5.69 Å². The van der Waals surface area contributed by atoms with E-state index < -0.39 is 22.5 Å². The van der Waals surface area contributed by atoms with E-state index in [1.807, 2.05) is 54.6 Å². The Hall–Kier alpha value is -3.95. The molecule has 4 aromatic rings. The third-order valence-electron chi connectivity index (χ3n) is 4.89. The van der Waals surface area contributed by atoms with Crippen LogP contribution in [0.25, 0.3) is 10.9 Å². The molecular weight excluding hydrogens is 488 g/mol. The highest BCUT2D eigenvalue weighted by Crippen LogP contribution is 2.25. The summed E-state index contributed by atoms with van der Waals surface area (Å²) in [6.45, 7) is -0.460. The van der Waals surface area contributed by atoms with Crippen molar-refractivity contribution in [1.82, 2.24) is 10.4 Å². The molecule has 0 aliphatic rings. The largest absolute Gasteiger partial charge is 0.457 e. The van der Waals surface area contributed by atoms with E-state index >= 15 is 0 Å². The fraction of sp³-hybridized carbons (Fsp3) is 0.0800. The lowest BCUT2D eigenvalue weighted by atomic mass is 10.2. The molecule has 10 heteroatoms. The topological polar surface area (TPSA) is 101 Å². The van der Waals surface area contributed by atoms with E-state index in [0.717, 1.165) is 21.5 Å². The van der Waals surface area contributed by atoms with Crippen LogP contribution in [0.2, 0.25) is 5.15 Å². The summed E-state index contributed by atoms with van der Waals surface area (Å²) in [6, 6.07) is 24.8. The predicted octanol–water partition coefficient (Wildman–Crippen LogP) is 4.60. The summed E-state index contributed by atoms with van der Waals surface area (Å²) in [5.41, 5.74) is 3.90. The molecule has 1 amide bonds. The molecule has 178 valence electrons. The van der Waals surface area contributed by atoms with Crippen molar-refractivity contribution in [1.29, 1.82) is 0 Å². The Kier molecular flexibility index (Phi) is 7.28. The van der Waals surface area contributed by atoms with Crippen molar-refractivity contribution in [2.24, 2.45) is 5.10 Å². The van der Waals surface area contributed by atoms with Crippen molar-refractivity contribution in [2.45, 2.75) is 0 Å². The summed E-state index contributed by atoms with van der Waals surface area (Å²) in [7, 11) is -3.74. The number of para-hydroxylation sites is 2. The number of hydrogen-bond acceptors (Lipinski definition) is 6. The van der Waals surface area contributed by atoms with E-state index in [9.17, 15) is 13.2 Å². The Morgan fingerprint density at radius 3 is 2.40 bits per heavy atom. The lowest BCUT2D eigenvalue weighted by Gasteiger charge is -2.21. The van der Waals surface area contributed by atoms with Crippen molar-refractivity contribution in [3.63, 3.8) is 0 Å². The number of ether oxygens (including phenoxy) is 1. The summed E-state index contributed by atoms with van der Waals surface area (Å²) in [6.07, 6.45) is 2.39. The standard InChI is InChI=1S/C25H21ClN4O4S/c1-35(32,33)30(20-11-13-22(14-12-20)34-21-8-3-2-4-9-21)17-24(31)29-27-16-19-15-18-7-5-6-10-23(18)28-25(19)26/h2-16H,17H2,1H3,(H,29,31)/b27-16-. The number of hydrazone groups is 1. The van der Waals surface area contributed by atoms with Crippen LogP contribution >= 0.6 is 11.6 Å². The van der Waals surface area contributed by atoms with Gasteiger partial charge in [-0.05, 0) is 48.5 Å². The summed E-state index contributed by atoms with van der Waals surface area (Å²) < 4.78 is 31.4. The molecule has 4 rings (SSSR count). The van der Waals surface area contributed by atoms with Gasteiger partial charge in [-0.15, -0.1) is 0 Å². The van der Waals surface area contributed by atoms with Gasteiger partial charge in [-0.1, -0.05) is 48.0 Å². The molecule has 0 atom stereocenters. The Labute approximate surface area is 207 Å². The third-order valence-corrected chi connectivity index (χ3v) is 6.33. The predicted molar refractivity (Wildman–Crippen MR) is 138 cm³/mol. The first kappa shape index (κ1) is 24.2. The summed E-state index contributed by atoms with van der Waals surface area (Å²) in [4.78, 5) is 16.8. The minimum absolute atomic E-state index is 0.234. The second-order valence-electron chi connectivity index (χ2n) is 7.53. The van der Waals surface area contributed by atoms with E-state index in [0.29, 0.717) is 22.7 Å². The van der Waals surface area contributed by atoms with Gasteiger partial charge in [0.1, 0.15) is 23.2 Å². The quantitative estimate of drug-likeness (QED) is 0.213. The van der Waals surface area contributed by atoms with E-state index in [1.165, 1.54) is 6.21 Å². The normalized spacial score (nSPS) is 11.5. The molecule has 0 unspecified atom stereocenters. The number of hydrogen-bond donors (Lipinski definition) is 1. The molecule has 0 aliphatic carbocycles. The van der Waals surface area contributed by atoms with E-state index in [1.54, 1.807) is 30.3 Å². The lowest BCUT2D eigenvalue weighted by molar-refractivity contribution is -0.119.